The Bertz CT molecular complexity index is 748. The average molecular weight is 336 g/mol. The van der Waals surface area contributed by atoms with Gasteiger partial charge in [0.05, 0.1) is 11.6 Å². The van der Waals surface area contributed by atoms with Crippen LogP contribution in [-0.4, -0.2) is 45.3 Å². The summed E-state index contributed by atoms with van der Waals surface area (Å²) in [5, 5.41) is 0. The minimum absolute atomic E-state index is 0.139. The van der Waals surface area contributed by atoms with Crippen molar-refractivity contribution in [3.63, 3.8) is 0 Å². The summed E-state index contributed by atoms with van der Waals surface area (Å²) in [6.07, 6.45) is 4.68. The zero-order valence-electron chi connectivity index (χ0n) is 14.6. The molecule has 2 aromatic heterocycles. The highest BCUT2D eigenvalue weighted by atomic mass is 16.2. The zero-order chi connectivity index (χ0) is 17.2. The predicted octanol–water partition coefficient (Wildman–Crippen LogP) is 2.27. The Morgan fingerprint density at radius 1 is 1.12 bits per heavy atom. The van der Waals surface area contributed by atoms with Gasteiger partial charge in [0.25, 0.3) is 0 Å². The van der Waals surface area contributed by atoms with Crippen LogP contribution in [0.3, 0.4) is 0 Å². The third-order valence-electron chi connectivity index (χ3n) is 5.37. The molecule has 0 spiro atoms. The monoisotopic (exact) mass is 336 g/mol. The Kier molecular flexibility index (Phi) is 4.49. The maximum absolute atomic E-state index is 12.9. The molecule has 0 aromatic carbocycles. The van der Waals surface area contributed by atoms with Crippen LogP contribution in [0.2, 0.25) is 0 Å². The van der Waals surface area contributed by atoms with Gasteiger partial charge in [-0.3, -0.25) is 19.7 Å². The van der Waals surface area contributed by atoms with Gasteiger partial charge in [0.1, 0.15) is 0 Å². The van der Waals surface area contributed by atoms with Crippen molar-refractivity contribution in [1.29, 1.82) is 0 Å². The van der Waals surface area contributed by atoms with Crippen molar-refractivity contribution < 1.29 is 4.79 Å². The van der Waals surface area contributed by atoms with Crippen LogP contribution in [0, 0.1) is 18.8 Å². The molecule has 2 aliphatic heterocycles. The molecule has 0 saturated carbocycles. The zero-order valence-corrected chi connectivity index (χ0v) is 14.6. The molecule has 1 amide bonds. The largest absolute Gasteiger partial charge is 0.338 e. The summed E-state index contributed by atoms with van der Waals surface area (Å²) in [6.45, 7) is 6.28. The summed E-state index contributed by atoms with van der Waals surface area (Å²) < 4.78 is 0. The van der Waals surface area contributed by atoms with Crippen LogP contribution in [-0.2, 0) is 17.9 Å². The van der Waals surface area contributed by atoms with Crippen LogP contribution in [0.25, 0.3) is 0 Å². The lowest BCUT2D eigenvalue weighted by atomic mass is 9.88. The second-order valence-electron chi connectivity index (χ2n) is 7.23. The highest BCUT2D eigenvalue weighted by molar-refractivity contribution is 5.80. The van der Waals surface area contributed by atoms with E-state index in [9.17, 15) is 4.79 Å². The number of rotatable bonds is 4. The Morgan fingerprint density at radius 2 is 1.96 bits per heavy atom. The van der Waals surface area contributed by atoms with Gasteiger partial charge in [-0.2, -0.15) is 0 Å². The highest BCUT2D eigenvalue weighted by Gasteiger charge is 2.42. The number of hydrogen-bond donors (Lipinski definition) is 0. The first-order valence-corrected chi connectivity index (χ1v) is 9.01. The molecule has 0 unspecified atom stereocenters. The van der Waals surface area contributed by atoms with Gasteiger partial charge >= 0.3 is 0 Å². The maximum Gasteiger partial charge on any atom is 0.227 e. The molecular weight excluding hydrogens is 312 g/mol. The van der Waals surface area contributed by atoms with Crippen molar-refractivity contribution >= 4 is 5.91 Å². The number of nitrogens with zero attached hydrogens (tertiary/aromatic N) is 4. The number of piperidine rings is 1. The van der Waals surface area contributed by atoms with Crippen molar-refractivity contribution in [1.82, 2.24) is 19.8 Å². The lowest BCUT2D eigenvalue weighted by Gasteiger charge is -2.34. The third kappa shape index (κ3) is 3.56. The van der Waals surface area contributed by atoms with E-state index in [2.05, 4.69) is 27.0 Å². The van der Waals surface area contributed by atoms with E-state index in [4.69, 9.17) is 0 Å². The fraction of sp³-hybridized carbons (Fsp3) is 0.450. The molecule has 2 aliphatic rings. The molecule has 2 saturated heterocycles. The lowest BCUT2D eigenvalue weighted by molar-refractivity contribution is -0.140. The predicted molar refractivity (Wildman–Crippen MR) is 95.5 cm³/mol. The molecule has 4 heterocycles. The number of pyridine rings is 2. The topological polar surface area (TPSA) is 49.3 Å². The van der Waals surface area contributed by atoms with E-state index >= 15 is 0 Å². The van der Waals surface area contributed by atoms with Crippen LogP contribution in [0.1, 0.15) is 23.4 Å². The van der Waals surface area contributed by atoms with E-state index in [1.807, 2.05) is 30.0 Å². The Labute approximate surface area is 148 Å². The number of hydrogen-bond acceptors (Lipinski definition) is 4. The lowest BCUT2D eigenvalue weighted by Crippen LogP contribution is -2.44. The third-order valence-corrected chi connectivity index (χ3v) is 5.37. The Balaban J connectivity index is 1.40. The Hall–Kier alpha value is -2.27. The summed E-state index contributed by atoms with van der Waals surface area (Å²) in [5.41, 5.74) is 3.30. The number of carbonyl (C=O) groups is 1. The normalized spacial score (nSPS) is 23.7. The summed E-state index contributed by atoms with van der Waals surface area (Å²) in [7, 11) is 0. The van der Waals surface area contributed by atoms with Crippen LogP contribution in [0.15, 0.2) is 42.7 Å². The first-order valence-electron chi connectivity index (χ1n) is 9.01. The number of aryl methyl sites for hydroxylation is 1. The quantitative estimate of drug-likeness (QED) is 0.859. The molecule has 2 aromatic rings. The van der Waals surface area contributed by atoms with Crippen LogP contribution < -0.4 is 0 Å². The second-order valence-corrected chi connectivity index (χ2v) is 7.23. The molecule has 0 bridgehead atoms. The van der Waals surface area contributed by atoms with Crippen LogP contribution in [0.5, 0.6) is 0 Å². The van der Waals surface area contributed by atoms with E-state index < -0.39 is 0 Å². The molecule has 4 rings (SSSR count). The van der Waals surface area contributed by atoms with Gasteiger partial charge < -0.3 is 4.90 Å². The van der Waals surface area contributed by atoms with E-state index in [0.29, 0.717) is 18.4 Å². The molecule has 5 nitrogen and oxygen atoms in total. The number of aromatic nitrogens is 2. The second kappa shape index (κ2) is 6.92. The van der Waals surface area contributed by atoms with Crippen LogP contribution >= 0.6 is 0 Å². The summed E-state index contributed by atoms with van der Waals surface area (Å²) in [5.74, 6) is 0.944. The molecule has 130 valence electrons. The van der Waals surface area contributed by atoms with Crippen LogP contribution in [0.4, 0.5) is 0 Å². The highest BCUT2D eigenvalue weighted by Crippen LogP contribution is 2.33. The van der Waals surface area contributed by atoms with Gasteiger partial charge in [-0.1, -0.05) is 6.07 Å². The van der Waals surface area contributed by atoms with Gasteiger partial charge in [0.15, 0.2) is 0 Å². The molecule has 0 radical (unpaired) electrons. The molecule has 0 N–H and O–H groups in total. The number of carbonyl (C=O) groups excluding carboxylic acids is 1. The van der Waals surface area contributed by atoms with Crippen molar-refractivity contribution in [2.75, 3.05) is 19.6 Å². The summed E-state index contributed by atoms with van der Waals surface area (Å²) in [6, 6.07) is 10.1. The van der Waals surface area contributed by atoms with E-state index in [1.165, 1.54) is 0 Å². The molecule has 2 atom stereocenters. The van der Waals surface area contributed by atoms with Crippen molar-refractivity contribution in [3.8, 4) is 0 Å². The van der Waals surface area contributed by atoms with Gasteiger partial charge in [-0.25, -0.2) is 0 Å². The smallest absolute Gasteiger partial charge is 0.227 e. The summed E-state index contributed by atoms with van der Waals surface area (Å²) in [4.78, 5) is 26.0. The van der Waals surface area contributed by atoms with E-state index in [0.717, 1.165) is 49.6 Å². The minimum atomic E-state index is 0.139. The average Bonchev–Trinajstić information content (AvgIpc) is 3.02. The fourth-order valence-corrected chi connectivity index (χ4v) is 4.11. The van der Waals surface area contributed by atoms with Crippen molar-refractivity contribution in [3.05, 3.63) is 59.7 Å². The van der Waals surface area contributed by atoms with Crippen molar-refractivity contribution in [2.45, 2.75) is 26.4 Å². The number of likely N-dealkylation sites (tertiary alicyclic amines) is 2. The van der Waals surface area contributed by atoms with Gasteiger partial charge in [-0.15, -0.1) is 0 Å². The fourth-order valence-electron chi connectivity index (χ4n) is 4.11. The molecule has 25 heavy (non-hydrogen) atoms. The molecule has 5 heteroatoms. The summed E-state index contributed by atoms with van der Waals surface area (Å²) >= 11 is 0. The molecule has 0 aliphatic carbocycles. The first kappa shape index (κ1) is 16.2. The van der Waals surface area contributed by atoms with Crippen molar-refractivity contribution in [2.24, 2.45) is 11.8 Å². The number of amides is 1. The first-order chi connectivity index (χ1) is 12.2. The molecule has 2 fully saturated rings. The van der Waals surface area contributed by atoms with Gasteiger partial charge in [-0.05, 0) is 49.1 Å². The number of fused-ring (bicyclic) bond motifs is 1. The van der Waals surface area contributed by atoms with E-state index in [-0.39, 0.29) is 5.92 Å². The minimum Gasteiger partial charge on any atom is -0.338 e. The van der Waals surface area contributed by atoms with Gasteiger partial charge in [0, 0.05) is 50.8 Å². The van der Waals surface area contributed by atoms with E-state index in [1.54, 1.807) is 12.4 Å². The standard InChI is InChI=1S/C20H24N4O/c1-15-3-2-4-18(22-15)13-23-12-17-7-10-24(20(25)19(17)14-23)11-16-5-8-21-9-6-16/h2-6,8-9,17,19H,7,10-14H2,1H3/t17-,19+/m1/s1. The van der Waals surface area contributed by atoms with Gasteiger partial charge in [0.2, 0.25) is 5.91 Å². The maximum atomic E-state index is 12.9. The Morgan fingerprint density at radius 3 is 2.76 bits per heavy atom. The molecular formula is C20H24N4O. The SMILES string of the molecule is Cc1cccc(CN2C[C@H]3CCN(Cc4ccncc4)C(=O)[C@H]3C2)n1.